The molecule has 5 aromatic carbocycles. The summed E-state index contributed by atoms with van der Waals surface area (Å²) < 4.78 is 1.03. The van der Waals surface area contributed by atoms with Crippen molar-refractivity contribution in [2.75, 3.05) is 0 Å². The second-order valence-electron chi connectivity index (χ2n) is 7.07. The van der Waals surface area contributed by atoms with Crippen molar-refractivity contribution in [3.63, 3.8) is 0 Å². The lowest BCUT2D eigenvalue weighted by Crippen LogP contribution is -1.87. The number of halogens is 1. The Hall–Kier alpha value is -2.65. The normalized spacial score (nSPS) is 11.2. The van der Waals surface area contributed by atoms with Crippen LogP contribution in [0.4, 0.5) is 0 Å². The highest BCUT2D eigenvalue weighted by Crippen LogP contribution is 2.37. The van der Waals surface area contributed by atoms with Crippen LogP contribution in [0.1, 0.15) is 5.56 Å². The van der Waals surface area contributed by atoms with Crippen molar-refractivity contribution >= 4 is 44.1 Å². The molecule has 1 heteroatoms. The first-order valence-corrected chi connectivity index (χ1v) is 11.0. The van der Waals surface area contributed by atoms with Crippen molar-refractivity contribution < 1.29 is 0 Å². The van der Waals surface area contributed by atoms with Crippen LogP contribution in [0.2, 0.25) is 0 Å². The highest BCUT2D eigenvalue weighted by atomic mass is 127. The predicted molar refractivity (Wildman–Crippen MR) is 130 cm³/mol. The first-order valence-electron chi connectivity index (χ1n) is 9.50. The summed E-state index contributed by atoms with van der Waals surface area (Å²) in [5.41, 5.74) is 6.51. The van der Waals surface area contributed by atoms with Crippen molar-refractivity contribution in [2.24, 2.45) is 0 Å². The Morgan fingerprint density at radius 3 is 1.68 bits per heavy atom. The summed E-state index contributed by atoms with van der Waals surface area (Å²) in [7, 11) is 0. The van der Waals surface area contributed by atoms with Crippen LogP contribution in [0.3, 0.4) is 0 Å². The maximum atomic E-state index is 2.43. The molecule has 0 aromatic heterocycles. The summed E-state index contributed by atoms with van der Waals surface area (Å²) in [4.78, 5) is 0. The molecule has 0 aliphatic heterocycles. The van der Waals surface area contributed by atoms with Crippen molar-refractivity contribution in [3.8, 4) is 22.3 Å². The highest BCUT2D eigenvalue weighted by molar-refractivity contribution is 14.1. The smallest absolute Gasteiger partial charge is 0.0247 e. The molecule has 134 valence electrons. The summed E-state index contributed by atoms with van der Waals surface area (Å²) in [6.45, 7) is 0. The molecule has 0 aliphatic carbocycles. The minimum absolute atomic E-state index is 1.03. The van der Waals surface area contributed by atoms with Crippen LogP contribution in [0, 0.1) is 0 Å². The molecule has 0 N–H and O–H groups in total. The summed E-state index contributed by atoms with van der Waals surface area (Å²) in [6.07, 6.45) is 0. The van der Waals surface area contributed by atoms with E-state index in [0.717, 1.165) is 4.43 Å². The van der Waals surface area contributed by atoms with Gasteiger partial charge in [0.2, 0.25) is 0 Å². The SMILES string of the molecule is ICc1cccc(-c2cccc3c2ccc2c(-c4ccccc4)cccc23)c1. The molecule has 0 bridgehead atoms. The molecule has 5 aromatic rings. The molecule has 0 aliphatic rings. The molecule has 0 fully saturated rings. The van der Waals surface area contributed by atoms with E-state index in [1.54, 1.807) is 0 Å². The molecule has 0 radical (unpaired) electrons. The molecule has 0 nitrogen and oxygen atoms in total. The number of hydrogen-bond donors (Lipinski definition) is 0. The highest BCUT2D eigenvalue weighted by Gasteiger charge is 2.10. The second kappa shape index (κ2) is 7.40. The Morgan fingerprint density at radius 2 is 1.04 bits per heavy atom. The lowest BCUT2D eigenvalue weighted by Gasteiger charge is -2.13. The van der Waals surface area contributed by atoms with Crippen molar-refractivity contribution in [3.05, 3.63) is 109 Å². The van der Waals surface area contributed by atoms with E-state index < -0.39 is 0 Å². The summed E-state index contributed by atoms with van der Waals surface area (Å²) in [6, 6.07) is 37.4. The number of alkyl halides is 1. The van der Waals surface area contributed by atoms with Crippen LogP contribution in [0.25, 0.3) is 43.8 Å². The maximum absolute atomic E-state index is 2.43. The van der Waals surface area contributed by atoms with E-state index in [-0.39, 0.29) is 0 Å². The van der Waals surface area contributed by atoms with Gasteiger partial charge in [0.25, 0.3) is 0 Å². The first kappa shape index (κ1) is 17.4. The fourth-order valence-electron chi connectivity index (χ4n) is 4.07. The van der Waals surface area contributed by atoms with Gasteiger partial charge in [0.1, 0.15) is 0 Å². The van der Waals surface area contributed by atoms with Crippen LogP contribution in [-0.4, -0.2) is 0 Å². The van der Waals surface area contributed by atoms with Crippen LogP contribution >= 0.6 is 22.6 Å². The van der Waals surface area contributed by atoms with E-state index in [1.807, 2.05) is 0 Å². The van der Waals surface area contributed by atoms with E-state index in [9.17, 15) is 0 Å². The van der Waals surface area contributed by atoms with Gasteiger partial charge in [0.15, 0.2) is 0 Å². The van der Waals surface area contributed by atoms with Crippen LogP contribution in [-0.2, 0) is 4.43 Å². The standard InChI is InChI=1S/C27H19I/c28-18-19-7-4-10-21(17-19)23-12-6-14-25-24-13-5-11-22(20-8-2-1-3-9-20)26(24)15-16-27(23)25/h1-17H,18H2. The molecule has 5 rings (SSSR count). The van der Waals surface area contributed by atoms with Gasteiger partial charge >= 0.3 is 0 Å². The van der Waals surface area contributed by atoms with Crippen LogP contribution in [0.15, 0.2) is 103 Å². The molecule has 0 amide bonds. The zero-order valence-corrected chi connectivity index (χ0v) is 17.6. The summed E-state index contributed by atoms with van der Waals surface area (Å²) >= 11 is 2.43. The molecule has 0 saturated heterocycles. The van der Waals surface area contributed by atoms with Gasteiger partial charge in [-0.05, 0) is 49.4 Å². The Labute approximate surface area is 179 Å². The average molecular weight is 470 g/mol. The van der Waals surface area contributed by atoms with Crippen molar-refractivity contribution in [2.45, 2.75) is 4.43 Å². The summed E-state index contributed by atoms with van der Waals surface area (Å²) in [5.74, 6) is 0. The molecule has 0 saturated carbocycles. The number of benzene rings is 5. The average Bonchev–Trinajstić information content (AvgIpc) is 2.78. The van der Waals surface area contributed by atoms with E-state index in [1.165, 1.54) is 49.4 Å². The van der Waals surface area contributed by atoms with Gasteiger partial charge in [-0.1, -0.05) is 126 Å². The minimum Gasteiger partial charge on any atom is -0.0812 e. The number of rotatable bonds is 3. The van der Waals surface area contributed by atoms with E-state index in [4.69, 9.17) is 0 Å². The van der Waals surface area contributed by atoms with Gasteiger partial charge in [-0.15, -0.1) is 0 Å². The van der Waals surface area contributed by atoms with Gasteiger partial charge < -0.3 is 0 Å². The third kappa shape index (κ3) is 3.00. The van der Waals surface area contributed by atoms with E-state index >= 15 is 0 Å². The quantitative estimate of drug-likeness (QED) is 0.141. The molecule has 0 spiro atoms. The molecular formula is C27H19I. The molecule has 0 heterocycles. The van der Waals surface area contributed by atoms with Crippen LogP contribution < -0.4 is 0 Å². The Morgan fingerprint density at radius 1 is 0.464 bits per heavy atom. The lowest BCUT2D eigenvalue weighted by molar-refractivity contribution is 1.46. The predicted octanol–water partition coefficient (Wildman–Crippen LogP) is 8.26. The van der Waals surface area contributed by atoms with Crippen LogP contribution in [0.5, 0.6) is 0 Å². The summed E-state index contributed by atoms with van der Waals surface area (Å²) in [5, 5.41) is 5.24. The topological polar surface area (TPSA) is 0 Å². The lowest BCUT2D eigenvalue weighted by atomic mass is 9.91. The van der Waals surface area contributed by atoms with Gasteiger partial charge in [0, 0.05) is 4.43 Å². The number of hydrogen-bond acceptors (Lipinski definition) is 0. The van der Waals surface area contributed by atoms with Crippen molar-refractivity contribution in [1.29, 1.82) is 0 Å². The maximum Gasteiger partial charge on any atom is 0.0247 e. The molecule has 0 unspecified atom stereocenters. The molecular weight excluding hydrogens is 451 g/mol. The fourth-order valence-corrected chi connectivity index (χ4v) is 4.54. The first-order chi connectivity index (χ1) is 13.8. The zero-order chi connectivity index (χ0) is 18.9. The van der Waals surface area contributed by atoms with Gasteiger partial charge in [-0.2, -0.15) is 0 Å². The van der Waals surface area contributed by atoms with E-state index in [2.05, 4.69) is 126 Å². The fraction of sp³-hybridized carbons (Fsp3) is 0.0370. The number of fused-ring (bicyclic) bond motifs is 3. The van der Waals surface area contributed by atoms with Crippen molar-refractivity contribution in [1.82, 2.24) is 0 Å². The third-order valence-electron chi connectivity index (χ3n) is 5.40. The minimum atomic E-state index is 1.03. The second-order valence-corrected chi connectivity index (χ2v) is 7.83. The molecule has 28 heavy (non-hydrogen) atoms. The Kier molecular flexibility index (Phi) is 4.61. The largest absolute Gasteiger partial charge is 0.0812 e. The van der Waals surface area contributed by atoms with E-state index in [0.29, 0.717) is 0 Å². The third-order valence-corrected chi connectivity index (χ3v) is 6.28. The Bertz CT molecular complexity index is 1290. The van der Waals surface area contributed by atoms with Gasteiger partial charge in [0.05, 0.1) is 0 Å². The van der Waals surface area contributed by atoms with Gasteiger partial charge in [-0.25, -0.2) is 0 Å². The van der Waals surface area contributed by atoms with Gasteiger partial charge in [-0.3, -0.25) is 0 Å². The zero-order valence-electron chi connectivity index (χ0n) is 15.4. The Balaban J connectivity index is 1.78. The monoisotopic (exact) mass is 470 g/mol. The molecule has 0 atom stereocenters.